The lowest BCUT2D eigenvalue weighted by Crippen LogP contribution is -2.30. The van der Waals surface area contributed by atoms with Crippen LogP contribution in [0.25, 0.3) is 0 Å². The Kier molecular flexibility index (Phi) is 4.12. The molecular weight excluding hydrogens is 303 g/mol. The van der Waals surface area contributed by atoms with Crippen molar-refractivity contribution in [1.82, 2.24) is 10.3 Å². The van der Waals surface area contributed by atoms with Gasteiger partial charge in [-0.15, -0.1) is 0 Å². The summed E-state index contributed by atoms with van der Waals surface area (Å²) in [7, 11) is 0. The van der Waals surface area contributed by atoms with Gasteiger partial charge in [0.25, 0.3) is 0 Å². The number of pyridine rings is 1. The SMILES string of the molecule is CC(C(=O)N[C@@H]1C[C@H]1c1ccc(Cl)c(F)c1)c1ccncc1. The molecule has 1 amide bonds. The van der Waals surface area contributed by atoms with Crippen LogP contribution in [0, 0.1) is 5.82 Å². The van der Waals surface area contributed by atoms with Gasteiger partial charge in [0.1, 0.15) is 5.82 Å². The average Bonchev–Trinajstić information content (AvgIpc) is 3.29. The van der Waals surface area contributed by atoms with Crippen LogP contribution in [-0.2, 0) is 4.79 Å². The Morgan fingerprint density at radius 2 is 2.09 bits per heavy atom. The number of nitrogens with zero attached hydrogens (tertiary/aromatic N) is 1. The molecule has 114 valence electrons. The molecule has 1 aliphatic rings. The van der Waals surface area contributed by atoms with E-state index in [-0.39, 0.29) is 28.8 Å². The molecule has 1 saturated carbocycles. The number of halogens is 2. The number of carbonyl (C=O) groups is 1. The Morgan fingerprint density at radius 1 is 1.36 bits per heavy atom. The normalized spacial score (nSPS) is 21.2. The maximum Gasteiger partial charge on any atom is 0.227 e. The molecule has 0 aliphatic heterocycles. The molecule has 1 unspecified atom stereocenters. The molecule has 3 nitrogen and oxygen atoms in total. The Balaban J connectivity index is 1.61. The van der Waals surface area contributed by atoms with Crippen LogP contribution in [0.2, 0.25) is 5.02 Å². The van der Waals surface area contributed by atoms with Crippen LogP contribution < -0.4 is 5.32 Å². The highest BCUT2D eigenvalue weighted by Gasteiger charge is 2.40. The lowest BCUT2D eigenvalue weighted by atomic mass is 10.0. The van der Waals surface area contributed by atoms with Crippen LogP contribution in [0.3, 0.4) is 0 Å². The molecule has 1 heterocycles. The summed E-state index contributed by atoms with van der Waals surface area (Å²) >= 11 is 5.69. The summed E-state index contributed by atoms with van der Waals surface area (Å²) in [5.74, 6) is -0.499. The minimum absolute atomic E-state index is 0.0202. The van der Waals surface area contributed by atoms with Crippen LogP contribution in [0.1, 0.15) is 36.3 Å². The van der Waals surface area contributed by atoms with E-state index in [4.69, 9.17) is 11.6 Å². The number of hydrogen-bond acceptors (Lipinski definition) is 2. The maximum atomic E-state index is 13.5. The summed E-state index contributed by atoms with van der Waals surface area (Å²) in [5, 5.41) is 3.14. The highest BCUT2D eigenvalue weighted by atomic mass is 35.5. The first-order valence-corrected chi connectivity index (χ1v) is 7.59. The summed E-state index contributed by atoms with van der Waals surface area (Å²) < 4.78 is 13.5. The molecule has 1 aromatic carbocycles. The monoisotopic (exact) mass is 318 g/mol. The number of carbonyl (C=O) groups excluding carboxylic acids is 1. The molecule has 0 bridgehead atoms. The van der Waals surface area contributed by atoms with Gasteiger partial charge in [-0.05, 0) is 48.7 Å². The molecule has 0 spiro atoms. The molecule has 3 rings (SSSR count). The van der Waals surface area contributed by atoms with E-state index >= 15 is 0 Å². The Bertz CT molecular complexity index is 692. The van der Waals surface area contributed by atoms with Crippen molar-refractivity contribution < 1.29 is 9.18 Å². The van der Waals surface area contributed by atoms with Crippen LogP contribution in [0.15, 0.2) is 42.7 Å². The minimum atomic E-state index is -0.415. The van der Waals surface area contributed by atoms with E-state index in [1.165, 1.54) is 6.07 Å². The molecule has 1 N–H and O–H groups in total. The van der Waals surface area contributed by atoms with Gasteiger partial charge >= 0.3 is 0 Å². The zero-order valence-corrected chi connectivity index (χ0v) is 12.8. The van der Waals surface area contributed by atoms with Crippen molar-refractivity contribution in [2.24, 2.45) is 0 Å². The van der Waals surface area contributed by atoms with E-state index in [2.05, 4.69) is 10.3 Å². The molecular formula is C17H16ClFN2O. The van der Waals surface area contributed by atoms with E-state index in [1.54, 1.807) is 18.5 Å². The number of hydrogen-bond donors (Lipinski definition) is 1. The van der Waals surface area contributed by atoms with Gasteiger partial charge < -0.3 is 5.32 Å². The number of aromatic nitrogens is 1. The Hall–Kier alpha value is -1.94. The number of amides is 1. The summed E-state index contributed by atoms with van der Waals surface area (Å²) in [6, 6.07) is 8.56. The van der Waals surface area contributed by atoms with Gasteiger partial charge in [-0.25, -0.2) is 4.39 Å². The first kappa shape index (κ1) is 15.0. The predicted octanol–water partition coefficient (Wildman–Crippen LogP) is 3.65. The first-order chi connectivity index (χ1) is 10.6. The van der Waals surface area contributed by atoms with Gasteiger partial charge in [0.15, 0.2) is 0 Å². The van der Waals surface area contributed by atoms with E-state index in [9.17, 15) is 9.18 Å². The fraction of sp³-hybridized carbons (Fsp3) is 0.294. The number of nitrogens with one attached hydrogen (secondary N) is 1. The molecule has 3 atom stereocenters. The van der Waals surface area contributed by atoms with Crippen molar-refractivity contribution in [3.8, 4) is 0 Å². The van der Waals surface area contributed by atoms with Gasteiger partial charge in [-0.1, -0.05) is 17.7 Å². The zero-order valence-electron chi connectivity index (χ0n) is 12.1. The first-order valence-electron chi connectivity index (χ1n) is 7.21. The van der Waals surface area contributed by atoms with Gasteiger partial charge in [0.05, 0.1) is 10.9 Å². The van der Waals surface area contributed by atoms with E-state index in [0.29, 0.717) is 0 Å². The number of rotatable bonds is 4. The van der Waals surface area contributed by atoms with Crippen LogP contribution in [0.4, 0.5) is 4.39 Å². The van der Waals surface area contributed by atoms with Crippen molar-refractivity contribution in [1.29, 1.82) is 0 Å². The summed E-state index contributed by atoms with van der Waals surface area (Å²) in [5.41, 5.74) is 1.81. The molecule has 0 radical (unpaired) electrons. The summed E-state index contributed by atoms with van der Waals surface area (Å²) in [6.45, 7) is 1.87. The standard InChI is InChI=1S/C17H16ClFN2O/c1-10(11-4-6-20-7-5-11)17(22)21-16-9-13(16)12-2-3-14(18)15(19)8-12/h2-8,10,13,16H,9H2,1H3,(H,21,22)/t10?,13-,16+/m0/s1. The third kappa shape index (κ3) is 3.12. The van der Waals surface area contributed by atoms with E-state index in [1.807, 2.05) is 25.1 Å². The second kappa shape index (κ2) is 6.05. The molecule has 1 aliphatic carbocycles. The molecule has 2 aromatic rings. The van der Waals surface area contributed by atoms with Gasteiger partial charge in [0, 0.05) is 24.4 Å². The van der Waals surface area contributed by atoms with E-state index < -0.39 is 5.82 Å². The van der Waals surface area contributed by atoms with Crippen molar-refractivity contribution in [2.45, 2.75) is 31.2 Å². The third-order valence-corrected chi connectivity index (χ3v) is 4.40. The van der Waals surface area contributed by atoms with Crippen LogP contribution in [0.5, 0.6) is 0 Å². The smallest absolute Gasteiger partial charge is 0.227 e. The summed E-state index contributed by atoms with van der Waals surface area (Å²) in [4.78, 5) is 16.2. The Morgan fingerprint density at radius 3 is 2.77 bits per heavy atom. The number of benzene rings is 1. The summed E-state index contributed by atoms with van der Waals surface area (Å²) in [6.07, 6.45) is 4.18. The largest absolute Gasteiger partial charge is 0.352 e. The highest BCUT2D eigenvalue weighted by molar-refractivity contribution is 6.30. The molecule has 1 fully saturated rings. The second-order valence-electron chi connectivity index (χ2n) is 5.63. The lowest BCUT2D eigenvalue weighted by molar-refractivity contribution is -0.122. The van der Waals surface area contributed by atoms with Crippen LogP contribution in [-0.4, -0.2) is 16.9 Å². The predicted molar refractivity (Wildman–Crippen MR) is 83.4 cm³/mol. The second-order valence-corrected chi connectivity index (χ2v) is 6.04. The average molecular weight is 319 g/mol. The molecule has 5 heteroatoms. The third-order valence-electron chi connectivity index (χ3n) is 4.09. The van der Waals surface area contributed by atoms with Crippen molar-refractivity contribution in [3.63, 3.8) is 0 Å². The van der Waals surface area contributed by atoms with Crippen molar-refractivity contribution in [2.75, 3.05) is 0 Å². The van der Waals surface area contributed by atoms with Crippen molar-refractivity contribution >= 4 is 17.5 Å². The fourth-order valence-electron chi connectivity index (χ4n) is 2.58. The topological polar surface area (TPSA) is 42.0 Å². The Labute approximate surface area is 133 Å². The molecule has 22 heavy (non-hydrogen) atoms. The van der Waals surface area contributed by atoms with Gasteiger partial charge in [0.2, 0.25) is 5.91 Å². The van der Waals surface area contributed by atoms with Crippen LogP contribution >= 0.6 is 11.6 Å². The zero-order chi connectivity index (χ0) is 15.7. The highest BCUT2D eigenvalue weighted by Crippen LogP contribution is 2.41. The molecule has 0 saturated heterocycles. The van der Waals surface area contributed by atoms with Crippen molar-refractivity contribution in [3.05, 3.63) is 64.7 Å². The molecule has 1 aromatic heterocycles. The quantitative estimate of drug-likeness (QED) is 0.935. The fourth-order valence-corrected chi connectivity index (χ4v) is 2.69. The lowest BCUT2D eigenvalue weighted by Gasteiger charge is -2.12. The van der Waals surface area contributed by atoms with E-state index in [0.717, 1.165) is 17.5 Å². The maximum absolute atomic E-state index is 13.5. The van der Waals surface area contributed by atoms with Gasteiger partial charge in [-0.3, -0.25) is 9.78 Å². The minimum Gasteiger partial charge on any atom is -0.352 e. The van der Waals surface area contributed by atoms with Gasteiger partial charge in [-0.2, -0.15) is 0 Å².